The highest BCUT2D eigenvalue weighted by Crippen LogP contribution is 2.36. The number of nitrogens with two attached hydrogens (primary N) is 1. The van der Waals surface area contributed by atoms with E-state index in [0.29, 0.717) is 35.8 Å². The van der Waals surface area contributed by atoms with Crippen LogP contribution < -0.4 is 5.73 Å². The van der Waals surface area contributed by atoms with Crippen LogP contribution >= 0.6 is 0 Å². The number of morpholine rings is 1. The second-order valence-electron chi connectivity index (χ2n) is 9.83. The van der Waals surface area contributed by atoms with Crippen molar-refractivity contribution in [3.8, 4) is 11.3 Å². The average molecular weight is 511 g/mol. The highest BCUT2D eigenvalue weighted by molar-refractivity contribution is 5.79. The summed E-state index contributed by atoms with van der Waals surface area (Å²) in [6.45, 7) is 7.03. The minimum Gasteiger partial charge on any atom is -0.397 e. The summed E-state index contributed by atoms with van der Waals surface area (Å²) in [7, 11) is 0. The lowest BCUT2D eigenvalue weighted by Crippen LogP contribution is -2.53. The fourth-order valence-electron chi connectivity index (χ4n) is 5.23. The molecule has 2 saturated heterocycles. The van der Waals surface area contributed by atoms with Gasteiger partial charge >= 0.3 is 6.18 Å². The Morgan fingerprint density at radius 1 is 1.19 bits per heavy atom. The van der Waals surface area contributed by atoms with E-state index < -0.39 is 11.7 Å². The zero-order valence-corrected chi connectivity index (χ0v) is 20.5. The molecule has 0 saturated carbocycles. The van der Waals surface area contributed by atoms with Crippen molar-refractivity contribution in [3.63, 3.8) is 0 Å². The summed E-state index contributed by atoms with van der Waals surface area (Å²) in [5, 5.41) is 0. The monoisotopic (exact) mass is 510 g/mol. The van der Waals surface area contributed by atoms with Crippen molar-refractivity contribution in [2.24, 2.45) is 5.73 Å². The molecular formula is C28H29F3N4O2. The van der Waals surface area contributed by atoms with Gasteiger partial charge in [0.1, 0.15) is 12.4 Å². The summed E-state index contributed by atoms with van der Waals surface area (Å²) in [4.78, 5) is 22.4. The fourth-order valence-corrected chi connectivity index (χ4v) is 5.23. The average Bonchev–Trinajstić information content (AvgIpc) is 3.34. The van der Waals surface area contributed by atoms with Gasteiger partial charge in [-0.2, -0.15) is 13.2 Å². The van der Waals surface area contributed by atoms with Gasteiger partial charge in [-0.3, -0.25) is 4.79 Å². The quantitative estimate of drug-likeness (QED) is 0.489. The number of hydrogen-bond donors (Lipinski definition) is 2. The molecular weight excluding hydrogens is 481 g/mol. The predicted molar refractivity (Wildman–Crippen MR) is 135 cm³/mol. The molecule has 0 bridgehead atoms. The number of ether oxygens (including phenoxy) is 1. The number of H-pyrrole nitrogens is 1. The van der Waals surface area contributed by atoms with E-state index in [1.54, 1.807) is 6.07 Å². The Hall–Kier alpha value is -3.59. The third kappa shape index (κ3) is 5.00. The Morgan fingerprint density at radius 2 is 1.95 bits per heavy atom. The molecule has 6 nitrogen and oxygen atoms in total. The van der Waals surface area contributed by atoms with Crippen LogP contribution in [0.1, 0.15) is 59.8 Å². The molecule has 37 heavy (non-hydrogen) atoms. The molecule has 3 heterocycles. The van der Waals surface area contributed by atoms with Crippen LogP contribution in [0.3, 0.4) is 0 Å². The zero-order chi connectivity index (χ0) is 26.3. The first-order chi connectivity index (χ1) is 17.6. The SMILES string of the molecule is C=C(N)c1[nH]c([C@H]2CC[C@@H]3COCC(=O)N3C2)nc1-c1ccc([C@H](C)c2cccc(C(F)(F)F)c2)cc1. The summed E-state index contributed by atoms with van der Waals surface area (Å²) in [6, 6.07) is 13.1. The molecule has 0 radical (unpaired) electrons. The maximum absolute atomic E-state index is 13.2. The molecule has 3 N–H and O–H groups in total. The smallest absolute Gasteiger partial charge is 0.397 e. The van der Waals surface area contributed by atoms with Crippen molar-refractivity contribution in [3.05, 3.63) is 83.3 Å². The van der Waals surface area contributed by atoms with Gasteiger partial charge in [0, 0.05) is 23.9 Å². The molecule has 9 heteroatoms. The minimum absolute atomic E-state index is 0.00154. The minimum atomic E-state index is -4.38. The van der Waals surface area contributed by atoms with Crippen molar-refractivity contribution in [1.29, 1.82) is 0 Å². The first-order valence-corrected chi connectivity index (χ1v) is 12.3. The Labute approximate surface area is 213 Å². The predicted octanol–water partition coefficient (Wildman–Crippen LogP) is 5.28. The van der Waals surface area contributed by atoms with Crippen LogP contribution in [-0.4, -0.2) is 46.6 Å². The van der Waals surface area contributed by atoms with E-state index in [0.717, 1.165) is 35.9 Å². The molecule has 3 atom stereocenters. The van der Waals surface area contributed by atoms with E-state index in [4.69, 9.17) is 15.5 Å². The van der Waals surface area contributed by atoms with Gasteiger partial charge in [0.15, 0.2) is 0 Å². The Bertz CT molecular complexity index is 1320. The molecule has 5 rings (SSSR count). The summed E-state index contributed by atoms with van der Waals surface area (Å²) >= 11 is 0. The molecule has 0 aliphatic carbocycles. The summed E-state index contributed by atoms with van der Waals surface area (Å²) < 4.78 is 44.9. The number of benzene rings is 2. The number of alkyl halides is 3. The number of rotatable bonds is 5. The van der Waals surface area contributed by atoms with E-state index in [9.17, 15) is 18.0 Å². The highest BCUT2D eigenvalue weighted by atomic mass is 19.4. The van der Waals surface area contributed by atoms with Crippen molar-refractivity contribution in [1.82, 2.24) is 14.9 Å². The van der Waals surface area contributed by atoms with E-state index in [2.05, 4.69) is 11.6 Å². The van der Waals surface area contributed by atoms with E-state index >= 15 is 0 Å². The number of carbonyl (C=O) groups is 1. The van der Waals surface area contributed by atoms with E-state index in [1.807, 2.05) is 36.1 Å². The summed E-state index contributed by atoms with van der Waals surface area (Å²) in [5.41, 5.74) is 9.37. The number of imidazole rings is 1. The number of amides is 1. The number of halogens is 3. The molecule has 0 unspecified atom stereocenters. The van der Waals surface area contributed by atoms with Crippen LogP contribution in [0.25, 0.3) is 17.0 Å². The Kier molecular flexibility index (Phi) is 6.58. The van der Waals surface area contributed by atoms with Gasteiger partial charge in [-0.05, 0) is 30.0 Å². The molecule has 3 aromatic rings. The first kappa shape index (κ1) is 25.1. The lowest BCUT2D eigenvalue weighted by molar-refractivity contribution is -0.151. The molecule has 2 aromatic carbocycles. The van der Waals surface area contributed by atoms with E-state index in [1.165, 1.54) is 12.1 Å². The lowest BCUT2D eigenvalue weighted by Gasteiger charge is -2.41. The number of nitrogens with one attached hydrogen (secondary N) is 1. The number of piperidine rings is 1. The van der Waals surface area contributed by atoms with Crippen LogP contribution in [0.15, 0.2) is 55.1 Å². The first-order valence-electron chi connectivity index (χ1n) is 12.3. The standard InChI is InChI=1S/C28H29F3N4O2/c1-16(20-4-3-5-22(12-20)28(29,30)31)18-6-8-19(9-7-18)26-25(17(2)32)33-27(34-26)21-10-11-23-14-37-15-24(36)35(23)13-21/h3-9,12,16,21,23H,2,10-11,13-15,32H2,1H3,(H,33,34)/t16-,21-,23+/m0/s1. The van der Waals surface area contributed by atoms with Crippen molar-refractivity contribution in [2.75, 3.05) is 19.8 Å². The number of aromatic nitrogens is 2. The zero-order valence-electron chi connectivity index (χ0n) is 20.5. The Morgan fingerprint density at radius 3 is 2.65 bits per heavy atom. The van der Waals surface area contributed by atoms with Gasteiger partial charge in [0.05, 0.1) is 35.3 Å². The second kappa shape index (κ2) is 9.70. The van der Waals surface area contributed by atoms with Crippen molar-refractivity contribution < 1.29 is 22.7 Å². The molecule has 0 spiro atoms. The fraction of sp³-hybridized carbons (Fsp3) is 0.357. The van der Waals surface area contributed by atoms with E-state index in [-0.39, 0.29) is 30.4 Å². The van der Waals surface area contributed by atoms with Gasteiger partial charge in [0.25, 0.3) is 0 Å². The maximum Gasteiger partial charge on any atom is 0.416 e. The Balaban J connectivity index is 1.39. The number of nitrogens with zero attached hydrogens (tertiary/aromatic N) is 2. The number of aromatic amines is 1. The van der Waals surface area contributed by atoms with Crippen LogP contribution in [0, 0.1) is 0 Å². The van der Waals surface area contributed by atoms with Gasteiger partial charge < -0.3 is 20.4 Å². The third-order valence-corrected chi connectivity index (χ3v) is 7.39. The van der Waals surface area contributed by atoms with Crippen molar-refractivity contribution in [2.45, 2.75) is 43.8 Å². The molecule has 2 fully saturated rings. The summed E-state index contributed by atoms with van der Waals surface area (Å²) in [6.07, 6.45) is -2.67. The molecule has 1 aromatic heterocycles. The second-order valence-corrected chi connectivity index (χ2v) is 9.83. The maximum atomic E-state index is 13.2. The molecule has 2 aliphatic heterocycles. The van der Waals surface area contributed by atoms with Gasteiger partial charge in [0.2, 0.25) is 5.91 Å². The van der Waals surface area contributed by atoms with Gasteiger partial charge in [-0.15, -0.1) is 0 Å². The molecule has 1 amide bonds. The van der Waals surface area contributed by atoms with Crippen LogP contribution in [-0.2, 0) is 15.7 Å². The molecule has 194 valence electrons. The van der Waals surface area contributed by atoms with Gasteiger partial charge in [-0.25, -0.2) is 4.98 Å². The van der Waals surface area contributed by atoms with Crippen LogP contribution in [0.5, 0.6) is 0 Å². The number of hydrogen-bond acceptors (Lipinski definition) is 4. The molecule has 2 aliphatic rings. The number of fused-ring (bicyclic) bond motifs is 1. The van der Waals surface area contributed by atoms with Crippen LogP contribution in [0.2, 0.25) is 0 Å². The van der Waals surface area contributed by atoms with Gasteiger partial charge in [-0.1, -0.05) is 56.0 Å². The largest absolute Gasteiger partial charge is 0.416 e. The normalized spacial score (nSPS) is 21.0. The summed E-state index contributed by atoms with van der Waals surface area (Å²) in [5.74, 6) is 0.582. The van der Waals surface area contributed by atoms with Crippen molar-refractivity contribution >= 4 is 11.6 Å². The third-order valence-electron chi connectivity index (χ3n) is 7.39. The topological polar surface area (TPSA) is 84.2 Å². The van der Waals surface area contributed by atoms with Crippen LogP contribution in [0.4, 0.5) is 13.2 Å². The lowest BCUT2D eigenvalue weighted by atomic mass is 9.91. The highest BCUT2D eigenvalue weighted by Gasteiger charge is 2.36. The number of carbonyl (C=O) groups excluding carboxylic acids is 1.